The highest BCUT2D eigenvalue weighted by atomic mass is 35.5. The number of nitrogens with two attached hydrogens (primary N) is 1. The molecule has 43 heteroatoms. The summed E-state index contributed by atoms with van der Waals surface area (Å²) >= 11 is 8.57. The fourth-order valence-electron chi connectivity index (χ4n) is 14.0. The highest BCUT2D eigenvalue weighted by molar-refractivity contribution is 7.86. The Hall–Kier alpha value is -12.4. The summed E-state index contributed by atoms with van der Waals surface area (Å²) in [6, 6.07) is 25.3. The van der Waals surface area contributed by atoms with Crippen molar-refractivity contribution in [3.63, 3.8) is 0 Å². The van der Waals surface area contributed by atoms with Gasteiger partial charge in [0, 0.05) is 99.2 Å². The molecule has 8 aromatic rings. The number of hydrogen-bond donors (Lipinski definition) is 10. The Bertz CT molecular complexity index is 5630. The molecule has 0 bridgehead atoms. The number of aromatic nitrogens is 4. The van der Waals surface area contributed by atoms with Crippen molar-refractivity contribution < 1.29 is 116 Å². The number of anilines is 1. The molecule has 2 aliphatic rings. The van der Waals surface area contributed by atoms with Gasteiger partial charge in [-0.05, 0) is 115 Å². The molecule has 1 fully saturated rings. The Morgan fingerprint density at radius 1 is 0.742 bits per heavy atom. The highest BCUT2D eigenvalue weighted by Crippen LogP contribution is 2.50. The van der Waals surface area contributed by atoms with Gasteiger partial charge in [0.05, 0.1) is 74.4 Å². The SMILES string of the molecule is COc1ccccc1-c1nccc(COc2ccccc2C[C@@H](Oc2ncnc3sc(-c4ccc(F)cc4)c(-c4ccc(OCCN5CC[N+](C)(Cc6ccc(NC(=O)[C@H](CCCNC(N)=O)NC(=O)[C@@H](NC(=O)CCOCCN7C(=O)C=CC7=O)C(C)C)cc6CN(C)C(=O)OC[C@H](NC(=O)CS(=O)(=O)O)C(=O)NCCCS(=O)(=O)O)CC5)c(Cl)c4C)c23)C(=O)O)n1. The van der Waals surface area contributed by atoms with Crippen LogP contribution >= 0.6 is 22.9 Å². The number of quaternary nitrogens is 1. The fraction of sp³-hybridized carbons (Fsp3) is 0.388. The van der Waals surface area contributed by atoms with Gasteiger partial charge in [-0.3, -0.25) is 52.5 Å². The van der Waals surface area contributed by atoms with Crippen molar-refractivity contribution in [3.8, 4) is 56.1 Å². The Morgan fingerprint density at radius 2 is 1.45 bits per heavy atom. The minimum absolute atomic E-state index is 0.000670. The molecule has 1 saturated heterocycles. The van der Waals surface area contributed by atoms with Crippen molar-refractivity contribution >= 4 is 119 Å². The molecule has 10 amide bonds. The molecule has 10 rings (SSSR count). The zero-order valence-corrected chi connectivity index (χ0v) is 74.0. The Labute approximate surface area is 745 Å². The number of rotatable bonds is 46. The third-order valence-corrected chi connectivity index (χ3v) is 23.8. The lowest BCUT2D eigenvalue weighted by Crippen LogP contribution is -2.57. The summed E-state index contributed by atoms with van der Waals surface area (Å²) < 4.78 is 115. The summed E-state index contributed by atoms with van der Waals surface area (Å²) in [6.07, 6.45) is 1.93. The van der Waals surface area contributed by atoms with Gasteiger partial charge in [0.1, 0.15) is 78.7 Å². The van der Waals surface area contributed by atoms with Crippen LogP contribution in [0.2, 0.25) is 5.02 Å². The zero-order valence-electron chi connectivity index (χ0n) is 70.8. The van der Waals surface area contributed by atoms with E-state index in [0.717, 1.165) is 22.0 Å². The number of thiophene rings is 1. The van der Waals surface area contributed by atoms with Crippen molar-refractivity contribution in [2.45, 2.75) is 96.8 Å². The summed E-state index contributed by atoms with van der Waals surface area (Å²) in [4.78, 5) is 155. The van der Waals surface area contributed by atoms with Crippen LogP contribution in [0.15, 0.2) is 134 Å². The first kappa shape index (κ1) is 97.8. The van der Waals surface area contributed by atoms with Crippen molar-refractivity contribution in [1.82, 2.24) is 61.2 Å². The van der Waals surface area contributed by atoms with E-state index >= 15 is 0 Å². The van der Waals surface area contributed by atoms with E-state index < -0.39 is 134 Å². The molecular weight excluding hydrogens is 1750 g/mol. The van der Waals surface area contributed by atoms with Crippen LogP contribution in [0.25, 0.3) is 43.2 Å². The number of para-hydroxylation sites is 2. The lowest BCUT2D eigenvalue weighted by molar-refractivity contribution is -0.926. The van der Waals surface area contributed by atoms with Crippen LogP contribution in [-0.2, 0) is 94.2 Å². The molecule has 0 radical (unpaired) electrons. The number of nitrogens with zero attached hydrogens (tertiary/aromatic N) is 8. The van der Waals surface area contributed by atoms with Gasteiger partial charge in [0.2, 0.25) is 41.5 Å². The average Bonchev–Trinajstić information content (AvgIpc) is 1.60. The van der Waals surface area contributed by atoms with E-state index in [9.17, 15) is 83.4 Å². The molecule has 0 saturated carbocycles. The smallest absolute Gasteiger partial charge is 0.409 e. The number of carbonyl (C=O) groups excluding carboxylic acids is 9. The number of carbonyl (C=O) groups is 10. The Balaban J connectivity index is 0.837. The second-order valence-electron chi connectivity index (χ2n) is 30.7. The minimum atomic E-state index is -4.92. The van der Waals surface area contributed by atoms with Gasteiger partial charge < -0.3 is 80.5 Å². The number of halogens is 2. The number of ether oxygens (including phenoxy) is 6. The number of primary amides is 1. The third-order valence-electron chi connectivity index (χ3n) is 20.8. The van der Waals surface area contributed by atoms with Gasteiger partial charge in [0.25, 0.3) is 32.1 Å². The molecule has 38 nitrogen and oxygen atoms in total. The monoisotopic (exact) mass is 1850 g/mol. The van der Waals surface area contributed by atoms with Gasteiger partial charge in [-0.1, -0.05) is 80.0 Å². The van der Waals surface area contributed by atoms with Gasteiger partial charge in [-0.2, -0.15) is 16.8 Å². The number of carboxylic acids is 1. The number of fused-ring (bicyclic) bond motifs is 1. The van der Waals surface area contributed by atoms with Crippen molar-refractivity contribution in [2.75, 3.05) is 117 Å². The van der Waals surface area contributed by atoms with E-state index in [2.05, 4.69) is 51.8 Å². The topological polar surface area (TPSA) is 515 Å². The van der Waals surface area contributed by atoms with E-state index in [1.54, 1.807) is 107 Å². The number of likely N-dealkylation sites (N-methyl/N-ethyl adjacent to an activating group) is 1. The minimum Gasteiger partial charge on any atom is -0.496 e. The van der Waals surface area contributed by atoms with Crippen LogP contribution in [0.3, 0.4) is 0 Å². The number of amides is 10. The lowest BCUT2D eigenvalue weighted by Gasteiger charge is -2.42. The maximum atomic E-state index is 14.6. The van der Waals surface area contributed by atoms with Crippen LogP contribution in [0.5, 0.6) is 23.1 Å². The molecule has 2 aliphatic heterocycles. The Kier molecular flexibility index (Phi) is 34.6. The number of urea groups is 1. The first-order valence-corrected chi connectivity index (χ1v) is 44.9. The van der Waals surface area contributed by atoms with Crippen molar-refractivity contribution in [2.24, 2.45) is 11.7 Å². The standard InChI is InChI=1S/C85H99ClFN15O23S3/c1-51(2)75(98-68(103)29-39-121-40-36-101-70(105)26-27-71(101)106)80(109)97-62(15-11-30-91-84(88)112)79(108)95-58-23-20-55(56(43-58)45-99(4)85(113)124-48-63(96-69(104)49-128(117,118)119)78(107)90-31-12-42-127(114,115)116)46-102(5)37-33-100(34-38-102)35-41-122-66-25-24-60(52(3)74(66)86)72-73-81(92-50-93-82(73)126-76(72)53-18-21-57(87)22-19-53)125-67(83(110)111)44-54-13-7-9-16-64(54)123-47-59-28-32-89-77(94-59)61-14-8-10-17-65(61)120-6/h7-10,13-14,16-28,32,43,50-51,62-63,67,75H,11-12,15,29-31,33-42,44-49H2,1-6H3,(H10-,88,90,91,95,96,97,98,103,104,107,108,109,110,111,112,114,115,116,117,118,119)/p+1/t62-,63-,67+,75-/m0/s1. The van der Waals surface area contributed by atoms with Crippen molar-refractivity contribution in [3.05, 3.63) is 173 Å². The summed E-state index contributed by atoms with van der Waals surface area (Å²) in [5, 5.41) is 26.6. The summed E-state index contributed by atoms with van der Waals surface area (Å²) in [5.74, 6) is -8.32. The number of nitrogens with one attached hydrogen (secondary N) is 6. The molecule has 684 valence electrons. The van der Waals surface area contributed by atoms with Gasteiger partial charge in [-0.25, -0.2) is 38.7 Å². The van der Waals surface area contributed by atoms with Gasteiger partial charge in [0.15, 0.2) is 11.6 Å². The van der Waals surface area contributed by atoms with E-state index in [1.165, 1.54) is 36.8 Å². The van der Waals surface area contributed by atoms with Gasteiger partial charge >= 0.3 is 18.1 Å². The number of hydrogen-bond acceptors (Lipinski definition) is 26. The number of aliphatic carboxylic acids is 1. The second-order valence-corrected chi connectivity index (χ2v) is 35.1. The van der Waals surface area contributed by atoms with Crippen LogP contribution in [0.1, 0.15) is 67.5 Å². The highest BCUT2D eigenvalue weighted by Gasteiger charge is 2.35. The molecule has 5 aromatic carbocycles. The predicted molar refractivity (Wildman–Crippen MR) is 467 cm³/mol. The van der Waals surface area contributed by atoms with Crippen LogP contribution in [0, 0.1) is 18.7 Å². The number of piperazine rings is 1. The first-order valence-electron chi connectivity index (χ1n) is 40.5. The summed E-state index contributed by atoms with van der Waals surface area (Å²) in [6.45, 7) is 6.59. The largest absolute Gasteiger partial charge is 0.496 e. The molecule has 4 atom stereocenters. The lowest BCUT2D eigenvalue weighted by atomic mass is 9.96. The van der Waals surface area contributed by atoms with E-state index in [-0.39, 0.29) is 101 Å². The average molecular weight is 1850 g/mol. The van der Waals surface area contributed by atoms with Crippen LogP contribution in [0.4, 0.5) is 19.7 Å². The maximum absolute atomic E-state index is 14.6. The van der Waals surface area contributed by atoms with E-state index in [0.29, 0.717) is 132 Å². The molecule has 5 heterocycles. The Morgan fingerprint density at radius 3 is 2.15 bits per heavy atom. The number of benzene rings is 5. The fourth-order valence-corrected chi connectivity index (χ4v) is 16.3. The second kappa shape index (κ2) is 45.3. The number of carboxylic acid groups (broad SMARTS) is 1. The van der Waals surface area contributed by atoms with Crippen molar-refractivity contribution in [1.29, 1.82) is 0 Å². The predicted octanol–water partition coefficient (Wildman–Crippen LogP) is 6.27. The summed E-state index contributed by atoms with van der Waals surface area (Å²) in [7, 11) is -4.44. The van der Waals surface area contributed by atoms with E-state index in [4.69, 9.17) is 50.7 Å². The molecule has 128 heavy (non-hydrogen) atoms. The molecule has 0 aliphatic carbocycles. The van der Waals surface area contributed by atoms with Gasteiger partial charge in [-0.15, -0.1) is 11.3 Å². The quantitative estimate of drug-likeness (QED) is 0.00870. The third kappa shape index (κ3) is 28.3. The first-order chi connectivity index (χ1) is 60.9. The molecule has 3 aromatic heterocycles. The van der Waals surface area contributed by atoms with E-state index in [1.807, 2.05) is 31.3 Å². The summed E-state index contributed by atoms with van der Waals surface area (Å²) in [5.41, 5.74) is 10.7. The van der Waals surface area contributed by atoms with Crippen LogP contribution < -0.4 is 56.6 Å². The molecule has 0 unspecified atom stereocenters. The zero-order chi connectivity index (χ0) is 92.6. The normalized spacial score (nSPS) is 14.3. The molecule has 0 spiro atoms. The number of imide groups is 1. The molecular formula is C85H100ClFN15O23S3+. The number of methoxy groups -OCH3 is 1. The molecule has 11 N–H and O–H groups in total. The van der Waals surface area contributed by atoms with Crippen LogP contribution in [-0.4, -0.2) is 265 Å². The maximum Gasteiger partial charge on any atom is 0.409 e.